The van der Waals surface area contributed by atoms with E-state index >= 15 is 0 Å². The molecular formula is C14H21N5S. The highest BCUT2D eigenvalue weighted by molar-refractivity contribution is 7.16. The first kappa shape index (κ1) is 13.6. The van der Waals surface area contributed by atoms with Crippen LogP contribution in [0.15, 0.2) is 11.4 Å². The van der Waals surface area contributed by atoms with Crippen LogP contribution < -0.4 is 10.6 Å². The topological polar surface area (TPSA) is 58.3 Å². The molecule has 0 spiro atoms. The number of nitrogens with zero attached hydrogens (tertiary/aromatic N) is 4. The lowest BCUT2D eigenvalue weighted by atomic mass is 9.96. The van der Waals surface area contributed by atoms with Crippen LogP contribution in [0.1, 0.15) is 12.8 Å². The minimum atomic E-state index is 0.366. The van der Waals surface area contributed by atoms with Gasteiger partial charge in [0.1, 0.15) is 10.6 Å². The molecule has 108 valence electrons. The van der Waals surface area contributed by atoms with Crippen LogP contribution in [0.5, 0.6) is 0 Å². The van der Waals surface area contributed by atoms with Gasteiger partial charge in [-0.05, 0) is 50.3 Å². The second-order valence-electron chi connectivity index (χ2n) is 5.67. The molecule has 1 saturated heterocycles. The lowest BCUT2D eigenvalue weighted by Crippen LogP contribution is -2.36. The number of hydrogen-bond acceptors (Lipinski definition) is 6. The van der Waals surface area contributed by atoms with Crippen molar-refractivity contribution in [3.05, 3.63) is 11.4 Å². The van der Waals surface area contributed by atoms with Gasteiger partial charge in [-0.1, -0.05) is 0 Å². The zero-order chi connectivity index (χ0) is 14.1. The lowest BCUT2D eigenvalue weighted by molar-refractivity contribution is 0.222. The SMILES string of the molecule is CN1CCC(CN(C)c2nc(N)nc3sccc23)CC1. The summed E-state index contributed by atoms with van der Waals surface area (Å²) in [6, 6.07) is 2.08. The predicted molar refractivity (Wildman–Crippen MR) is 85.3 cm³/mol. The fourth-order valence-electron chi connectivity index (χ4n) is 2.87. The molecule has 3 heterocycles. The average Bonchev–Trinajstić information content (AvgIpc) is 2.88. The maximum atomic E-state index is 5.82. The van der Waals surface area contributed by atoms with Gasteiger partial charge in [0.15, 0.2) is 0 Å². The van der Waals surface area contributed by atoms with Crippen molar-refractivity contribution in [2.75, 3.05) is 44.4 Å². The fraction of sp³-hybridized carbons (Fsp3) is 0.571. The molecule has 0 aliphatic carbocycles. The summed E-state index contributed by atoms with van der Waals surface area (Å²) in [5.74, 6) is 2.07. The molecule has 2 aromatic heterocycles. The van der Waals surface area contributed by atoms with Crippen LogP contribution in [0, 0.1) is 5.92 Å². The Labute approximate surface area is 123 Å². The van der Waals surface area contributed by atoms with Gasteiger partial charge in [-0.25, -0.2) is 4.98 Å². The number of nitrogen functional groups attached to an aromatic ring is 1. The summed E-state index contributed by atoms with van der Waals surface area (Å²) in [5, 5.41) is 3.16. The summed E-state index contributed by atoms with van der Waals surface area (Å²) in [5.41, 5.74) is 5.82. The Kier molecular flexibility index (Phi) is 3.76. The summed E-state index contributed by atoms with van der Waals surface area (Å²) >= 11 is 1.61. The molecule has 0 bridgehead atoms. The Morgan fingerprint density at radius 2 is 2.15 bits per heavy atom. The lowest BCUT2D eigenvalue weighted by Gasteiger charge is -2.32. The van der Waals surface area contributed by atoms with Crippen LogP contribution in [0.4, 0.5) is 11.8 Å². The molecule has 1 aliphatic rings. The number of thiophene rings is 1. The number of nitrogens with two attached hydrogens (primary N) is 1. The van der Waals surface area contributed by atoms with Crippen molar-refractivity contribution in [1.29, 1.82) is 0 Å². The zero-order valence-corrected chi connectivity index (χ0v) is 12.9. The Bertz CT molecular complexity index is 588. The van der Waals surface area contributed by atoms with Crippen LogP contribution in [0.2, 0.25) is 0 Å². The highest BCUT2D eigenvalue weighted by Gasteiger charge is 2.20. The first-order valence-electron chi connectivity index (χ1n) is 7.04. The minimum absolute atomic E-state index is 0.366. The van der Waals surface area contributed by atoms with Crippen molar-refractivity contribution in [3.8, 4) is 0 Å². The van der Waals surface area contributed by atoms with Crippen LogP contribution >= 0.6 is 11.3 Å². The van der Waals surface area contributed by atoms with E-state index in [1.807, 2.05) is 5.38 Å². The van der Waals surface area contributed by atoms with Gasteiger partial charge >= 0.3 is 0 Å². The number of aromatic nitrogens is 2. The number of fused-ring (bicyclic) bond motifs is 1. The smallest absolute Gasteiger partial charge is 0.223 e. The van der Waals surface area contributed by atoms with Gasteiger partial charge in [0.2, 0.25) is 5.95 Å². The molecule has 0 unspecified atom stereocenters. The normalized spacial score (nSPS) is 17.7. The number of anilines is 2. The van der Waals surface area contributed by atoms with Crippen molar-refractivity contribution in [1.82, 2.24) is 14.9 Å². The van der Waals surface area contributed by atoms with E-state index in [2.05, 4.69) is 39.9 Å². The fourth-order valence-corrected chi connectivity index (χ4v) is 3.63. The van der Waals surface area contributed by atoms with Gasteiger partial charge in [0.25, 0.3) is 0 Å². The molecule has 0 saturated carbocycles. The molecule has 0 amide bonds. The number of likely N-dealkylation sites (tertiary alicyclic amines) is 1. The van der Waals surface area contributed by atoms with E-state index in [4.69, 9.17) is 5.73 Å². The monoisotopic (exact) mass is 291 g/mol. The molecular weight excluding hydrogens is 270 g/mol. The van der Waals surface area contributed by atoms with E-state index in [1.165, 1.54) is 25.9 Å². The molecule has 1 aliphatic heterocycles. The minimum Gasteiger partial charge on any atom is -0.368 e. The van der Waals surface area contributed by atoms with E-state index in [0.717, 1.165) is 28.5 Å². The molecule has 5 nitrogen and oxygen atoms in total. The van der Waals surface area contributed by atoms with Gasteiger partial charge < -0.3 is 15.5 Å². The standard InChI is InChI=1S/C14H21N5S/c1-18-6-3-10(4-7-18)9-19(2)12-11-5-8-20-13(11)17-14(15)16-12/h5,8,10H,3-4,6-7,9H2,1-2H3,(H2,15,16,17). The molecule has 2 aromatic rings. The molecule has 2 N–H and O–H groups in total. The van der Waals surface area contributed by atoms with Crippen molar-refractivity contribution < 1.29 is 0 Å². The molecule has 6 heteroatoms. The van der Waals surface area contributed by atoms with Crippen LogP contribution in [0.25, 0.3) is 10.2 Å². The van der Waals surface area contributed by atoms with Crippen molar-refractivity contribution in [2.24, 2.45) is 5.92 Å². The maximum absolute atomic E-state index is 5.82. The average molecular weight is 291 g/mol. The molecule has 20 heavy (non-hydrogen) atoms. The summed E-state index contributed by atoms with van der Waals surface area (Å²) in [6.07, 6.45) is 2.52. The van der Waals surface area contributed by atoms with Crippen molar-refractivity contribution >= 4 is 33.3 Å². The van der Waals surface area contributed by atoms with E-state index in [-0.39, 0.29) is 0 Å². The summed E-state index contributed by atoms with van der Waals surface area (Å²) in [4.78, 5) is 14.3. The Balaban J connectivity index is 1.78. The van der Waals surface area contributed by atoms with Crippen LogP contribution in [-0.2, 0) is 0 Å². The second kappa shape index (κ2) is 5.54. The molecule has 0 atom stereocenters. The highest BCUT2D eigenvalue weighted by atomic mass is 32.1. The third kappa shape index (κ3) is 2.71. The van der Waals surface area contributed by atoms with E-state index in [1.54, 1.807) is 11.3 Å². The largest absolute Gasteiger partial charge is 0.368 e. The first-order chi connectivity index (χ1) is 9.63. The molecule has 0 radical (unpaired) electrons. The number of hydrogen-bond donors (Lipinski definition) is 1. The number of piperidine rings is 1. The first-order valence-corrected chi connectivity index (χ1v) is 7.92. The second-order valence-corrected chi connectivity index (χ2v) is 6.57. The zero-order valence-electron chi connectivity index (χ0n) is 12.0. The molecule has 1 fully saturated rings. The summed E-state index contributed by atoms with van der Waals surface area (Å²) in [7, 11) is 4.30. The van der Waals surface area contributed by atoms with Crippen molar-refractivity contribution in [2.45, 2.75) is 12.8 Å². The van der Waals surface area contributed by atoms with Gasteiger partial charge in [-0.15, -0.1) is 11.3 Å². The summed E-state index contributed by atoms with van der Waals surface area (Å²) < 4.78 is 0. The quantitative estimate of drug-likeness (QED) is 0.938. The van der Waals surface area contributed by atoms with Gasteiger partial charge in [-0.3, -0.25) is 0 Å². The molecule has 3 rings (SSSR count). The highest BCUT2D eigenvalue weighted by Crippen LogP contribution is 2.29. The molecule has 0 aromatic carbocycles. The number of rotatable bonds is 3. The van der Waals surface area contributed by atoms with Gasteiger partial charge in [0, 0.05) is 13.6 Å². The maximum Gasteiger partial charge on any atom is 0.223 e. The van der Waals surface area contributed by atoms with Crippen molar-refractivity contribution in [3.63, 3.8) is 0 Å². The van der Waals surface area contributed by atoms with E-state index in [0.29, 0.717) is 5.95 Å². The van der Waals surface area contributed by atoms with E-state index in [9.17, 15) is 0 Å². The van der Waals surface area contributed by atoms with Crippen LogP contribution in [0.3, 0.4) is 0 Å². The van der Waals surface area contributed by atoms with Gasteiger partial charge in [0.05, 0.1) is 5.39 Å². The predicted octanol–water partition coefficient (Wildman–Crippen LogP) is 2.05. The van der Waals surface area contributed by atoms with Gasteiger partial charge in [-0.2, -0.15) is 4.98 Å². The third-order valence-corrected chi connectivity index (χ3v) is 4.86. The Morgan fingerprint density at radius 3 is 2.90 bits per heavy atom. The Morgan fingerprint density at radius 1 is 1.40 bits per heavy atom. The van der Waals surface area contributed by atoms with Crippen LogP contribution in [-0.4, -0.2) is 48.6 Å². The van der Waals surface area contributed by atoms with E-state index < -0.39 is 0 Å². The Hall–Kier alpha value is -1.40. The summed E-state index contributed by atoms with van der Waals surface area (Å²) in [6.45, 7) is 3.42. The third-order valence-electron chi connectivity index (χ3n) is 4.05.